The highest BCUT2D eigenvalue weighted by atomic mass is 19.1. The first-order chi connectivity index (χ1) is 10.1. The lowest BCUT2D eigenvalue weighted by Gasteiger charge is -2.19. The summed E-state index contributed by atoms with van der Waals surface area (Å²) in [5.41, 5.74) is 8.10. The lowest BCUT2D eigenvalue weighted by molar-refractivity contribution is 0.176. The van der Waals surface area contributed by atoms with E-state index in [0.717, 1.165) is 29.3 Å². The van der Waals surface area contributed by atoms with Gasteiger partial charge in [0.05, 0.1) is 13.2 Å². The van der Waals surface area contributed by atoms with E-state index in [2.05, 4.69) is 0 Å². The highest BCUT2D eigenvalue weighted by molar-refractivity contribution is 5.42. The number of rotatable bonds is 3. The molecule has 0 saturated heterocycles. The van der Waals surface area contributed by atoms with Gasteiger partial charge in [-0.3, -0.25) is 0 Å². The van der Waals surface area contributed by atoms with E-state index in [0.29, 0.717) is 12.2 Å². The minimum absolute atomic E-state index is 0.116. The molecule has 2 N–H and O–H groups in total. The van der Waals surface area contributed by atoms with Crippen LogP contribution in [0, 0.1) is 11.6 Å². The van der Waals surface area contributed by atoms with Crippen LogP contribution in [0.4, 0.5) is 8.78 Å². The van der Waals surface area contributed by atoms with Gasteiger partial charge in [0, 0.05) is 12.5 Å². The Bertz CT molecular complexity index is 675. The minimum Gasteiger partial charge on any atom is -0.497 e. The number of nitrogens with two attached hydrogens (primary N) is 1. The Morgan fingerprint density at radius 1 is 1.14 bits per heavy atom. The number of methoxy groups -OCH3 is 1. The van der Waals surface area contributed by atoms with E-state index in [1.165, 1.54) is 0 Å². The lowest BCUT2D eigenvalue weighted by Crippen LogP contribution is -2.28. The van der Waals surface area contributed by atoms with Gasteiger partial charge in [-0.1, -0.05) is 6.07 Å². The molecule has 0 saturated carbocycles. The van der Waals surface area contributed by atoms with Crippen LogP contribution in [-0.4, -0.2) is 13.2 Å². The molecule has 3 nitrogen and oxygen atoms in total. The molecular formula is C16H15F2NO2. The molecule has 3 rings (SSSR count). The lowest BCUT2D eigenvalue weighted by atomic mass is 10.1. The third-order valence-corrected chi connectivity index (χ3v) is 3.71. The molecule has 0 aliphatic heterocycles. The fourth-order valence-corrected chi connectivity index (χ4v) is 2.59. The molecule has 0 heterocycles. The van der Waals surface area contributed by atoms with Crippen molar-refractivity contribution in [3.05, 3.63) is 59.2 Å². The number of hydrogen-bond donors (Lipinski definition) is 1. The molecule has 0 spiro atoms. The van der Waals surface area contributed by atoms with Crippen molar-refractivity contribution in [3.63, 3.8) is 0 Å². The second-order valence-corrected chi connectivity index (χ2v) is 5.03. The van der Waals surface area contributed by atoms with Crippen LogP contribution in [0.1, 0.15) is 17.2 Å². The van der Waals surface area contributed by atoms with E-state index in [4.69, 9.17) is 15.2 Å². The molecule has 2 unspecified atom stereocenters. The minimum atomic E-state index is -0.600. The molecule has 5 heteroatoms. The van der Waals surface area contributed by atoms with Gasteiger partial charge < -0.3 is 15.2 Å². The monoisotopic (exact) mass is 291 g/mol. The van der Waals surface area contributed by atoms with Crippen LogP contribution >= 0.6 is 0 Å². The van der Waals surface area contributed by atoms with Crippen molar-refractivity contribution in [1.29, 1.82) is 0 Å². The van der Waals surface area contributed by atoms with Crippen LogP contribution in [0.5, 0.6) is 11.5 Å². The SMILES string of the molecule is COc1ccc2c(c1)C(N)C(Oc1cc(F)ccc1F)C2. The molecule has 2 aromatic carbocycles. The zero-order valence-electron chi connectivity index (χ0n) is 11.5. The Labute approximate surface area is 121 Å². The Morgan fingerprint density at radius 2 is 1.95 bits per heavy atom. The molecule has 1 aliphatic rings. The van der Waals surface area contributed by atoms with Gasteiger partial charge in [0.15, 0.2) is 11.6 Å². The molecule has 0 radical (unpaired) electrons. The number of ether oxygens (including phenoxy) is 2. The van der Waals surface area contributed by atoms with Crippen LogP contribution < -0.4 is 15.2 Å². The van der Waals surface area contributed by atoms with Crippen LogP contribution in [0.2, 0.25) is 0 Å². The van der Waals surface area contributed by atoms with Crippen molar-refractivity contribution < 1.29 is 18.3 Å². The summed E-state index contributed by atoms with van der Waals surface area (Å²) in [7, 11) is 1.58. The molecule has 0 bridgehead atoms. The van der Waals surface area contributed by atoms with Crippen LogP contribution in [0.3, 0.4) is 0 Å². The molecule has 0 fully saturated rings. The average Bonchev–Trinajstić information content (AvgIpc) is 2.79. The molecule has 0 aromatic heterocycles. The number of fused-ring (bicyclic) bond motifs is 1. The smallest absolute Gasteiger partial charge is 0.165 e. The second kappa shape index (κ2) is 5.33. The van der Waals surface area contributed by atoms with E-state index in [-0.39, 0.29) is 5.75 Å². The van der Waals surface area contributed by atoms with Gasteiger partial charge in [0.2, 0.25) is 0 Å². The Hall–Kier alpha value is -2.14. The topological polar surface area (TPSA) is 44.5 Å². The van der Waals surface area contributed by atoms with Crippen LogP contribution in [-0.2, 0) is 6.42 Å². The number of halogens is 2. The quantitative estimate of drug-likeness (QED) is 0.945. The molecule has 0 amide bonds. The summed E-state index contributed by atoms with van der Waals surface area (Å²) in [4.78, 5) is 0. The normalized spacial score (nSPS) is 20.2. The van der Waals surface area contributed by atoms with Gasteiger partial charge in [-0.2, -0.15) is 0 Å². The Morgan fingerprint density at radius 3 is 2.71 bits per heavy atom. The van der Waals surface area contributed by atoms with Crippen LogP contribution in [0.25, 0.3) is 0 Å². The van der Waals surface area contributed by atoms with Crippen molar-refractivity contribution in [2.75, 3.05) is 7.11 Å². The van der Waals surface area contributed by atoms with Crippen molar-refractivity contribution >= 4 is 0 Å². The highest BCUT2D eigenvalue weighted by Gasteiger charge is 2.32. The van der Waals surface area contributed by atoms with Crippen molar-refractivity contribution in [2.45, 2.75) is 18.6 Å². The maximum atomic E-state index is 13.6. The standard InChI is InChI=1S/C16H15F2NO2/c1-20-11-4-2-9-6-15(16(19)12(9)8-11)21-14-7-10(17)3-5-13(14)18/h2-5,7-8,15-16H,6,19H2,1H3. The molecule has 2 aromatic rings. The van der Waals surface area contributed by atoms with E-state index in [1.807, 2.05) is 18.2 Å². The van der Waals surface area contributed by atoms with Crippen molar-refractivity contribution in [3.8, 4) is 11.5 Å². The van der Waals surface area contributed by atoms with E-state index < -0.39 is 23.8 Å². The van der Waals surface area contributed by atoms with E-state index >= 15 is 0 Å². The summed E-state index contributed by atoms with van der Waals surface area (Å²) in [6.07, 6.45) is 0.125. The van der Waals surface area contributed by atoms with Crippen molar-refractivity contribution in [1.82, 2.24) is 0 Å². The Balaban J connectivity index is 1.84. The third kappa shape index (κ3) is 2.56. The summed E-state index contributed by atoms with van der Waals surface area (Å²) in [5, 5.41) is 0. The fraction of sp³-hybridized carbons (Fsp3) is 0.250. The fourth-order valence-electron chi connectivity index (χ4n) is 2.59. The predicted octanol–water partition coefficient (Wildman–Crippen LogP) is 2.98. The number of benzene rings is 2. The average molecular weight is 291 g/mol. The zero-order valence-corrected chi connectivity index (χ0v) is 11.5. The van der Waals surface area contributed by atoms with E-state index in [9.17, 15) is 8.78 Å². The zero-order chi connectivity index (χ0) is 15.0. The predicted molar refractivity (Wildman–Crippen MR) is 74.4 cm³/mol. The van der Waals surface area contributed by atoms with Gasteiger partial charge in [0.25, 0.3) is 0 Å². The van der Waals surface area contributed by atoms with Gasteiger partial charge in [-0.15, -0.1) is 0 Å². The second-order valence-electron chi connectivity index (χ2n) is 5.03. The summed E-state index contributed by atoms with van der Waals surface area (Å²) < 4.78 is 37.6. The number of hydrogen-bond acceptors (Lipinski definition) is 3. The first-order valence-electron chi connectivity index (χ1n) is 6.62. The first kappa shape index (κ1) is 13.8. The van der Waals surface area contributed by atoms with E-state index in [1.54, 1.807) is 7.11 Å². The highest BCUT2D eigenvalue weighted by Crippen LogP contribution is 2.35. The van der Waals surface area contributed by atoms with Gasteiger partial charge >= 0.3 is 0 Å². The summed E-state index contributed by atoms with van der Waals surface area (Å²) in [6.45, 7) is 0. The third-order valence-electron chi connectivity index (χ3n) is 3.71. The summed E-state index contributed by atoms with van der Waals surface area (Å²) in [5.74, 6) is -0.550. The molecular weight excluding hydrogens is 276 g/mol. The van der Waals surface area contributed by atoms with Gasteiger partial charge in [0.1, 0.15) is 17.7 Å². The summed E-state index contributed by atoms with van der Waals surface area (Å²) >= 11 is 0. The Kier molecular flexibility index (Phi) is 3.51. The largest absolute Gasteiger partial charge is 0.497 e. The molecule has 2 atom stereocenters. The van der Waals surface area contributed by atoms with Gasteiger partial charge in [-0.25, -0.2) is 8.78 Å². The maximum Gasteiger partial charge on any atom is 0.165 e. The summed E-state index contributed by atoms with van der Waals surface area (Å²) in [6, 6.07) is 8.34. The van der Waals surface area contributed by atoms with Gasteiger partial charge in [-0.05, 0) is 35.4 Å². The molecule has 21 heavy (non-hydrogen) atoms. The molecule has 110 valence electrons. The van der Waals surface area contributed by atoms with Crippen LogP contribution in [0.15, 0.2) is 36.4 Å². The maximum absolute atomic E-state index is 13.6. The van der Waals surface area contributed by atoms with Crippen molar-refractivity contribution in [2.24, 2.45) is 5.73 Å². The molecule has 1 aliphatic carbocycles. The first-order valence-corrected chi connectivity index (χ1v) is 6.62.